The Morgan fingerprint density at radius 3 is 2.34 bits per heavy atom. The van der Waals surface area contributed by atoms with Crippen LogP contribution in [0.3, 0.4) is 0 Å². The van der Waals surface area contributed by atoms with Crippen LogP contribution in [0.2, 0.25) is 0 Å². The number of Topliss-reactive ketones (excluding diaryl/α,β-unsaturated/α-hetero) is 1. The van der Waals surface area contributed by atoms with Crippen LogP contribution in [0.25, 0.3) is 0 Å². The molecule has 0 saturated heterocycles. The SMILES string of the molecule is CC(=O)[C@@H](Cc1ccccc1)NC(=O)C[NH2+][C@@H](c1ccc(C)cc1)c1cccs1. The zero-order chi connectivity index (χ0) is 20.6. The maximum Gasteiger partial charge on any atom is 0.275 e. The van der Waals surface area contributed by atoms with Crippen LogP contribution in [0.1, 0.15) is 34.5 Å². The molecule has 1 aromatic heterocycles. The average Bonchev–Trinajstić information content (AvgIpc) is 3.24. The zero-order valence-corrected chi connectivity index (χ0v) is 17.6. The third-order valence-corrected chi connectivity index (χ3v) is 5.89. The number of carbonyl (C=O) groups excluding carboxylic acids is 2. The van der Waals surface area contributed by atoms with Crippen LogP contribution in [-0.2, 0) is 16.0 Å². The molecule has 1 heterocycles. The van der Waals surface area contributed by atoms with Gasteiger partial charge in [0.25, 0.3) is 5.91 Å². The molecule has 3 N–H and O–H groups in total. The molecule has 0 aliphatic heterocycles. The molecule has 0 bridgehead atoms. The van der Waals surface area contributed by atoms with Gasteiger partial charge in [-0.1, -0.05) is 66.2 Å². The minimum absolute atomic E-state index is 0.0319. The molecule has 1 amide bonds. The van der Waals surface area contributed by atoms with E-state index in [0.29, 0.717) is 6.42 Å². The summed E-state index contributed by atoms with van der Waals surface area (Å²) in [6, 6.07) is 21.9. The third kappa shape index (κ3) is 6.11. The lowest BCUT2D eigenvalue weighted by Gasteiger charge is -2.18. The summed E-state index contributed by atoms with van der Waals surface area (Å²) in [6.45, 7) is 3.85. The van der Waals surface area contributed by atoms with Crippen LogP contribution in [-0.4, -0.2) is 24.3 Å². The highest BCUT2D eigenvalue weighted by atomic mass is 32.1. The fraction of sp³-hybridized carbons (Fsp3) is 0.250. The van der Waals surface area contributed by atoms with Gasteiger partial charge in [0.2, 0.25) is 0 Å². The number of carbonyl (C=O) groups is 2. The Bertz CT molecular complexity index is 921. The molecular formula is C24H27N2O2S+. The van der Waals surface area contributed by atoms with E-state index < -0.39 is 6.04 Å². The molecular weight excluding hydrogens is 380 g/mol. The molecule has 150 valence electrons. The van der Waals surface area contributed by atoms with E-state index in [1.54, 1.807) is 11.3 Å². The zero-order valence-electron chi connectivity index (χ0n) is 16.8. The molecule has 5 heteroatoms. The van der Waals surface area contributed by atoms with Crippen molar-refractivity contribution < 1.29 is 14.9 Å². The van der Waals surface area contributed by atoms with Crippen LogP contribution < -0.4 is 10.6 Å². The van der Waals surface area contributed by atoms with Crippen LogP contribution in [0, 0.1) is 6.92 Å². The van der Waals surface area contributed by atoms with Crippen molar-refractivity contribution in [3.63, 3.8) is 0 Å². The lowest BCUT2D eigenvalue weighted by atomic mass is 10.0. The van der Waals surface area contributed by atoms with E-state index in [1.165, 1.54) is 22.9 Å². The van der Waals surface area contributed by atoms with Gasteiger partial charge in [-0.25, -0.2) is 0 Å². The summed E-state index contributed by atoms with van der Waals surface area (Å²) in [6.07, 6.45) is 0.508. The largest absolute Gasteiger partial charge is 0.341 e. The van der Waals surface area contributed by atoms with Crippen molar-refractivity contribution in [1.29, 1.82) is 0 Å². The van der Waals surface area contributed by atoms with E-state index in [-0.39, 0.29) is 24.3 Å². The second-order valence-electron chi connectivity index (χ2n) is 7.26. The number of nitrogens with one attached hydrogen (secondary N) is 1. The molecule has 4 nitrogen and oxygen atoms in total. The average molecular weight is 408 g/mol. The van der Waals surface area contributed by atoms with Gasteiger partial charge in [0.1, 0.15) is 6.04 Å². The van der Waals surface area contributed by atoms with Crippen molar-refractivity contribution in [3.05, 3.63) is 93.7 Å². The van der Waals surface area contributed by atoms with E-state index >= 15 is 0 Å². The number of benzene rings is 2. The van der Waals surface area contributed by atoms with E-state index in [4.69, 9.17) is 0 Å². The molecule has 2 aromatic carbocycles. The van der Waals surface area contributed by atoms with Gasteiger partial charge in [-0.2, -0.15) is 0 Å². The first-order chi connectivity index (χ1) is 14.0. The summed E-state index contributed by atoms with van der Waals surface area (Å²) in [5.74, 6) is -0.162. The van der Waals surface area contributed by atoms with Crippen molar-refractivity contribution >= 4 is 23.0 Å². The van der Waals surface area contributed by atoms with Gasteiger partial charge in [0.15, 0.2) is 12.3 Å². The Morgan fingerprint density at radius 1 is 1.00 bits per heavy atom. The van der Waals surface area contributed by atoms with E-state index in [1.807, 2.05) is 41.7 Å². The van der Waals surface area contributed by atoms with Gasteiger partial charge in [0.05, 0.1) is 10.9 Å². The Balaban J connectivity index is 1.64. The van der Waals surface area contributed by atoms with Crippen LogP contribution in [0.15, 0.2) is 72.1 Å². The molecule has 0 aliphatic carbocycles. The van der Waals surface area contributed by atoms with Crippen LogP contribution in [0.5, 0.6) is 0 Å². The third-order valence-electron chi connectivity index (χ3n) is 4.93. The Hall–Kier alpha value is -2.76. The Morgan fingerprint density at radius 2 is 1.72 bits per heavy atom. The Labute approximate surface area is 176 Å². The maximum absolute atomic E-state index is 12.6. The molecule has 0 radical (unpaired) electrons. The van der Waals surface area contributed by atoms with Gasteiger partial charge in [-0.05, 0) is 37.3 Å². The standard InChI is InChI=1S/C24H26N2O2S/c1-17-10-12-20(13-11-17)24(22-9-6-14-29-22)25-16-23(28)26-21(18(2)27)15-19-7-4-3-5-8-19/h3-14,21,24-25H,15-16H2,1-2H3,(H,26,28)/p+1/t21-,24+/m1/s1. The van der Waals surface area contributed by atoms with Crippen LogP contribution >= 0.6 is 11.3 Å². The first-order valence-electron chi connectivity index (χ1n) is 9.80. The highest BCUT2D eigenvalue weighted by Gasteiger charge is 2.22. The number of ketones is 1. The summed E-state index contributed by atoms with van der Waals surface area (Å²) in [7, 11) is 0. The van der Waals surface area contributed by atoms with E-state index in [0.717, 1.165) is 5.56 Å². The Kier molecular flexibility index (Phi) is 7.33. The van der Waals surface area contributed by atoms with Crippen molar-refractivity contribution in [2.24, 2.45) is 0 Å². The first-order valence-corrected chi connectivity index (χ1v) is 10.7. The maximum atomic E-state index is 12.6. The van der Waals surface area contributed by atoms with E-state index in [2.05, 4.69) is 48.0 Å². The van der Waals surface area contributed by atoms with Crippen molar-refractivity contribution in [1.82, 2.24) is 5.32 Å². The normalized spacial score (nSPS) is 12.9. The monoisotopic (exact) mass is 407 g/mol. The molecule has 0 fully saturated rings. The highest BCUT2D eigenvalue weighted by molar-refractivity contribution is 7.10. The van der Waals surface area contributed by atoms with Crippen molar-refractivity contribution in [2.75, 3.05) is 6.54 Å². The predicted molar refractivity (Wildman–Crippen MR) is 117 cm³/mol. The fourth-order valence-electron chi connectivity index (χ4n) is 3.28. The molecule has 0 aliphatic rings. The summed E-state index contributed by atoms with van der Waals surface area (Å²) in [5.41, 5.74) is 3.41. The number of thiophene rings is 1. The first kappa shape index (κ1) is 21.0. The van der Waals surface area contributed by atoms with Gasteiger partial charge >= 0.3 is 0 Å². The number of hydrogen-bond donors (Lipinski definition) is 2. The second kappa shape index (κ2) is 10.1. The predicted octanol–water partition coefficient (Wildman–Crippen LogP) is 3.03. The molecule has 0 saturated carbocycles. The number of hydrogen-bond acceptors (Lipinski definition) is 3. The smallest absolute Gasteiger partial charge is 0.275 e. The lowest BCUT2D eigenvalue weighted by molar-refractivity contribution is -0.676. The van der Waals surface area contributed by atoms with E-state index in [9.17, 15) is 9.59 Å². The number of nitrogens with two attached hydrogens (primary N) is 1. The minimum atomic E-state index is -0.502. The van der Waals surface area contributed by atoms with Gasteiger partial charge in [-0.3, -0.25) is 9.59 Å². The molecule has 2 atom stereocenters. The lowest BCUT2D eigenvalue weighted by Crippen LogP contribution is -2.87. The van der Waals surface area contributed by atoms with Gasteiger partial charge < -0.3 is 10.6 Å². The summed E-state index contributed by atoms with van der Waals surface area (Å²) < 4.78 is 0. The molecule has 0 unspecified atom stereocenters. The molecule has 0 spiro atoms. The molecule has 3 rings (SSSR count). The van der Waals surface area contributed by atoms with Crippen LogP contribution in [0.4, 0.5) is 0 Å². The number of amides is 1. The second-order valence-corrected chi connectivity index (χ2v) is 8.24. The van der Waals surface area contributed by atoms with Gasteiger partial charge in [-0.15, -0.1) is 11.3 Å². The molecule has 3 aromatic rings. The topological polar surface area (TPSA) is 62.8 Å². The molecule has 29 heavy (non-hydrogen) atoms. The summed E-state index contributed by atoms with van der Waals surface area (Å²) in [5, 5.41) is 6.99. The summed E-state index contributed by atoms with van der Waals surface area (Å²) in [4.78, 5) is 25.9. The summed E-state index contributed by atoms with van der Waals surface area (Å²) >= 11 is 1.69. The highest BCUT2D eigenvalue weighted by Crippen LogP contribution is 2.22. The quantitative estimate of drug-likeness (QED) is 0.573. The van der Waals surface area contributed by atoms with Crippen molar-refractivity contribution in [2.45, 2.75) is 32.4 Å². The van der Waals surface area contributed by atoms with Gasteiger partial charge in [0, 0.05) is 5.56 Å². The number of rotatable bonds is 9. The minimum Gasteiger partial charge on any atom is -0.341 e. The van der Waals surface area contributed by atoms with Crippen molar-refractivity contribution in [3.8, 4) is 0 Å². The fourth-order valence-corrected chi connectivity index (χ4v) is 4.13. The number of quaternary nitrogens is 1. The number of aryl methyl sites for hydroxylation is 1.